The normalized spacial score (nSPS) is 28.6. The summed E-state index contributed by atoms with van der Waals surface area (Å²) in [6, 6.07) is 5.46. The Morgan fingerprint density at radius 2 is 2.26 bits per heavy atom. The minimum Gasteiger partial charge on any atom is -0.311 e. The van der Waals surface area contributed by atoms with E-state index < -0.39 is 0 Å². The summed E-state index contributed by atoms with van der Waals surface area (Å²) in [6.07, 6.45) is 1.10. The Morgan fingerprint density at radius 3 is 2.89 bits per heavy atom. The molecule has 0 bridgehead atoms. The van der Waals surface area contributed by atoms with Crippen LogP contribution in [0.3, 0.4) is 0 Å². The molecule has 0 aliphatic carbocycles. The Hall–Kier alpha value is -0.450. The van der Waals surface area contributed by atoms with Crippen LogP contribution >= 0.6 is 15.9 Å². The first-order valence-electron chi connectivity index (χ1n) is 6.87. The molecule has 106 valence electrons. The summed E-state index contributed by atoms with van der Waals surface area (Å²) in [5, 5.41) is 3.55. The minimum absolute atomic E-state index is 0.167. The van der Waals surface area contributed by atoms with Gasteiger partial charge in [-0.05, 0) is 38.0 Å². The second-order valence-electron chi connectivity index (χ2n) is 5.75. The summed E-state index contributed by atoms with van der Waals surface area (Å²) in [6.45, 7) is 9.62. The van der Waals surface area contributed by atoms with Crippen LogP contribution in [-0.4, -0.2) is 29.6 Å². The van der Waals surface area contributed by atoms with Gasteiger partial charge in [-0.25, -0.2) is 4.39 Å². The van der Waals surface area contributed by atoms with Crippen molar-refractivity contribution in [3.63, 3.8) is 0 Å². The van der Waals surface area contributed by atoms with Crippen LogP contribution in [-0.2, 0) is 6.54 Å². The van der Waals surface area contributed by atoms with Crippen molar-refractivity contribution in [2.24, 2.45) is 0 Å². The second-order valence-corrected chi connectivity index (χ2v) is 6.60. The van der Waals surface area contributed by atoms with Crippen molar-refractivity contribution in [2.75, 3.05) is 13.1 Å². The first-order chi connectivity index (χ1) is 8.94. The molecule has 2 rings (SSSR count). The largest absolute Gasteiger partial charge is 0.311 e. The molecule has 0 spiro atoms. The molecule has 1 N–H and O–H groups in total. The minimum atomic E-state index is -0.192. The van der Waals surface area contributed by atoms with Crippen molar-refractivity contribution >= 4 is 15.9 Å². The summed E-state index contributed by atoms with van der Waals surface area (Å²) >= 11 is 3.47. The SMILES string of the molecule is CCC1(C)CNC(C)CN1Cc1ccc(F)cc1Br. The van der Waals surface area contributed by atoms with Gasteiger partial charge in [0.2, 0.25) is 0 Å². The molecule has 1 aromatic rings. The molecular formula is C15H22BrFN2. The van der Waals surface area contributed by atoms with Crippen LogP contribution in [0, 0.1) is 5.82 Å². The van der Waals surface area contributed by atoms with Crippen molar-refractivity contribution in [1.82, 2.24) is 10.2 Å². The Morgan fingerprint density at radius 1 is 1.53 bits per heavy atom. The van der Waals surface area contributed by atoms with Crippen molar-refractivity contribution in [3.8, 4) is 0 Å². The van der Waals surface area contributed by atoms with E-state index in [0.717, 1.165) is 36.1 Å². The monoisotopic (exact) mass is 328 g/mol. The zero-order chi connectivity index (χ0) is 14.0. The van der Waals surface area contributed by atoms with Gasteiger partial charge in [0.15, 0.2) is 0 Å². The zero-order valence-electron chi connectivity index (χ0n) is 11.8. The third kappa shape index (κ3) is 3.36. The van der Waals surface area contributed by atoms with Crippen LogP contribution in [0.2, 0.25) is 0 Å². The van der Waals surface area contributed by atoms with E-state index in [0.29, 0.717) is 6.04 Å². The number of benzene rings is 1. The molecule has 0 saturated carbocycles. The molecule has 4 heteroatoms. The van der Waals surface area contributed by atoms with Crippen LogP contribution in [0.25, 0.3) is 0 Å². The number of hydrogen-bond donors (Lipinski definition) is 1. The van der Waals surface area contributed by atoms with Crippen molar-refractivity contribution < 1.29 is 4.39 Å². The molecule has 1 heterocycles. The molecule has 1 saturated heterocycles. The molecule has 19 heavy (non-hydrogen) atoms. The average molecular weight is 329 g/mol. The summed E-state index contributed by atoms with van der Waals surface area (Å²) in [5.41, 5.74) is 1.32. The van der Waals surface area contributed by atoms with Crippen LogP contribution in [0.4, 0.5) is 4.39 Å². The highest BCUT2D eigenvalue weighted by atomic mass is 79.9. The van der Waals surface area contributed by atoms with Crippen molar-refractivity contribution in [1.29, 1.82) is 0 Å². The lowest BCUT2D eigenvalue weighted by molar-refractivity contribution is 0.0451. The van der Waals surface area contributed by atoms with E-state index in [1.807, 2.05) is 6.07 Å². The number of nitrogens with zero attached hydrogens (tertiary/aromatic N) is 1. The summed E-state index contributed by atoms with van der Waals surface area (Å²) in [5.74, 6) is -0.192. The van der Waals surface area contributed by atoms with Gasteiger partial charge in [0.05, 0.1) is 0 Å². The maximum atomic E-state index is 13.2. The summed E-state index contributed by atoms with van der Waals surface area (Å²) in [4.78, 5) is 2.51. The van der Waals surface area contributed by atoms with E-state index in [9.17, 15) is 4.39 Å². The van der Waals surface area contributed by atoms with Gasteiger partial charge < -0.3 is 5.32 Å². The number of nitrogens with one attached hydrogen (secondary N) is 1. The number of hydrogen-bond acceptors (Lipinski definition) is 2. The van der Waals surface area contributed by atoms with E-state index >= 15 is 0 Å². The predicted molar refractivity (Wildman–Crippen MR) is 80.7 cm³/mol. The lowest BCUT2D eigenvalue weighted by atomic mass is 9.92. The fourth-order valence-electron chi connectivity index (χ4n) is 2.58. The molecule has 0 radical (unpaired) electrons. The third-order valence-electron chi connectivity index (χ3n) is 4.23. The zero-order valence-corrected chi connectivity index (χ0v) is 13.4. The van der Waals surface area contributed by atoms with Gasteiger partial charge in [0.25, 0.3) is 0 Å². The standard InChI is InChI=1S/C15H22BrFN2/c1-4-15(3)10-18-11(2)8-19(15)9-12-5-6-13(17)7-14(12)16/h5-7,11,18H,4,8-10H2,1-3H3. The highest BCUT2D eigenvalue weighted by molar-refractivity contribution is 9.10. The molecule has 2 nitrogen and oxygen atoms in total. The molecular weight excluding hydrogens is 307 g/mol. The first kappa shape index (κ1) is 14.9. The van der Waals surface area contributed by atoms with Gasteiger partial charge >= 0.3 is 0 Å². The van der Waals surface area contributed by atoms with E-state index in [1.54, 1.807) is 6.07 Å². The number of halogens is 2. The van der Waals surface area contributed by atoms with Crippen molar-refractivity contribution in [2.45, 2.75) is 45.3 Å². The van der Waals surface area contributed by atoms with Crippen LogP contribution in [0.5, 0.6) is 0 Å². The third-order valence-corrected chi connectivity index (χ3v) is 4.97. The topological polar surface area (TPSA) is 15.3 Å². The maximum Gasteiger partial charge on any atom is 0.124 e. The highest BCUT2D eigenvalue weighted by Crippen LogP contribution is 2.27. The maximum absolute atomic E-state index is 13.2. The van der Waals surface area contributed by atoms with E-state index in [4.69, 9.17) is 0 Å². The van der Waals surface area contributed by atoms with Crippen LogP contribution in [0.1, 0.15) is 32.8 Å². The molecule has 2 unspecified atom stereocenters. The Labute approximate surface area is 123 Å². The number of rotatable bonds is 3. The lowest BCUT2D eigenvalue weighted by Crippen LogP contribution is -2.61. The fraction of sp³-hybridized carbons (Fsp3) is 0.600. The molecule has 1 aliphatic rings. The molecule has 2 atom stereocenters. The van der Waals surface area contributed by atoms with E-state index in [1.165, 1.54) is 6.07 Å². The summed E-state index contributed by atoms with van der Waals surface area (Å²) < 4.78 is 14.0. The van der Waals surface area contributed by atoms with Gasteiger partial charge in [0.1, 0.15) is 5.82 Å². The smallest absolute Gasteiger partial charge is 0.124 e. The molecule has 0 amide bonds. The average Bonchev–Trinajstić information content (AvgIpc) is 2.37. The van der Waals surface area contributed by atoms with Gasteiger partial charge in [0, 0.05) is 35.7 Å². The molecule has 1 aromatic carbocycles. The molecule has 1 fully saturated rings. The van der Waals surface area contributed by atoms with Gasteiger partial charge in [-0.3, -0.25) is 4.90 Å². The van der Waals surface area contributed by atoms with Crippen LogP contribution in [0.15, 0.2) is 22.7 Å². The quantitative estimate of drug-likeness (QED) is 0.912. The molecule has 0 aromatic heterocycles. The predicted octanol–water partition coefficient (Wildman–Crippen LogP) is 3.55. The van der Waals surface area contributed by atoms with E-state index in [-0.39, 0.29) is 11.4 Å². The van der Waals surface area contributed by atoms with Crippen molar-refractivity contribution in [3.05, 3.63) is 34.1 Å². The first-order valence-corrected chi connectivity index (χ1v) is 7.66. The fourth-order valence-corrected chi connectivity index (χ4v) is 3.06. The van der Waals surface area contributed by atoms with Gasteiger partial charge in [-0.15, -0.1) is 0 Å². The Kier molecular flexibility index (Phi) is 4.64. The highest BCUT2D eigenvalue weighted by Gasteiger charge is 2.35. The van der Waals surface area contributed by atoms with Gasteiger partial charge in [-0.1, -0.05) is 28.9 Å². The number of piperazine rings is 1. The summed E-state index contributed by atoms with van der Waals surface area (Å²) in [7, 11) is 0. The second kappa shape index (κ2) is 5.90. The molecule has 1 aliphatic heterocycles. The van der Waals surface area contributed by atoms with Gasteiger partial charge in [-0.2, -0.15) is 0 Å². The Bertz CT molecular complexity index is 452. The van der Waals surface area contributed by atoms with E-state index in [2.05, 4.69) is 46.9 Å². The lowest BCUT2D eigenvalue weighted by Gasteiger charge is -2.47. The van der Waals surface area contributed by atoms with Crippen LogP contribution < -0.4 is 5.32 Å². The Balaban J connectivity index is 2.19.